The highest BCUT2D eigenvalue weighted by molar-refractivity contribution is 5.85. The number of amides is 1. The maximum absolute atomic E-state index is 12.7. The summed E-state index contributed by atoms with van der Waals surface area (Å²) in [5.74, 6) is 0.159. The molecule has 4 nitrogen and oxygen atoms in total. The average molecular weight is 254 g/mol. The molecule has 2 rings (SSSR count). The van der Waals surface area contributed by atoms with Crippen molar-refractivity contribution in [2.75, 3.05) is 27.2 Å². The molecule has 0 radical (unpaired) electrons. The van der Waals surface area contributed by atoms with Crippen LogP contribution < -0.4 is 0 Å². The molecule has 0 N–H and O–H groups in total. The maximum atomic E-state index is 12.7. The summed E-state index contributed by atoms with van der Waals surface area (Å²) in [6.45, 7) is 2.15. The molecule has 4 heteroatoms. The lowest BCUT2D eigenvalue weighted by Gasteiger charge is -2.47. The molecule has 1 aliphatic carbocycles. The van der Waals surface area contributed by atoms with Gasteiger partial charge in [0.25, 0.3) is 5.91 Å². The molecule has 1 heterocycles. The number of rotatable bonds is 3. The van der Waals surface area contributed by atoms with E-state index >= 15 is 0 Å². The van der Waals surface area contributed by atoms with Crippen LogP contribution in [0.5, 0.6) is 0 Å². The van der Waals surface area contributed by atoms with Gasteiger partial charge in [0.2, 0.25) is 0 Å². The van der Waals surface area contributed by atoms with Gasteiger partial charge in [-0.15, -0.1) is 0 Å². The number of carbonyl (C=O) groups is 1. The van der Waals surface area contributed by atoms with Crippen LogP contribution in [0.3, 0.4) is 0 Å². The van der Waals surface area contributed by atoms with Crippen LogP contribution in [0.2, 0.25) is 0 Å². The van der Waals surface area contributed by atoms with Crippen LogP contribution in [0.1, 0.15) is 51.4 Å². The SMILES string of the molecule is CON(C)C(=O)C1(N2CCCCC2)CCCCC1. The first kappa shape index (κ1) is 13.8. The van der Waals surface area contributed by atoms with Crippen LogP contribution in [0.15, 0.2) is 0 Å². The summed E-state index contributed by atoms with van der Waals surface area (Å²) in [6.07, 6.45) is 9.36. The molecule has 0 atom stereocenters. The molecule has 0 aromatic rings. The summed E-state index contributed by atoms with van der Waals surface area (Å²) in [7, 11) is 3.31. The normalized spacial score (nSPS) is 24.8. The highest BCUT2D eigenvalue weighted by Gasteiger charge is 2.46. The van der Waals surface area contributed by atoms with Gasteiger partial charge in [-0.3, -0.25) is 14.5 Å². The molecule has 2 fully saturated rings. The molecule has 0 bridgehead atoms. The minimum absolute atomic E-state index is 0.159. The van der Waals surface area contributed by atoms with Gasteiger partial charge in [0, 0.05) is 7.05 Å². The van der Waals surface area contributed by atoms with Crippen molar-refractivity contribution in [2.24, 2.45) is 0 Å². The van der Waals surface area contributed by atoms with Gasteiger partial charge in [-0.25, -0.2) is 5.06 Å². The van der Waals surface area contributed by atoms with Crippen molar-refractivity contribution in [1.29, 1.82) is 0 Å². The fourth-order valence-electron chi connectivity index (χ4n) is 3.50. The third-order valence-corrected chi connectivity index (χ3v) is 4.60. The molecule has 1 aliphatic heterocycles. The Balaban J connectivity index is 2.18. The minimum atomic E-state index is -0.274. The Bertz CT molecular complexity index is 282. The number of hydrogen-bond acceptors (Lipinski definition) is 3. The number of likely N-dealkylation sites (tertiary alicyclic amines) is 1. The lowest BCUT2D eigenvalue weighted by molar-refractivity contribution is -0.185. The van der Waals surface area contributed by atoms with Crippen LogP contribution in [0.25, 0.3) is 0 Å². The van der Waals surface area contributed by atoms with E-state index in [1.54, 1.807) is 14.2 Å². The molecular formula is C14H26N2O2. The van der Waals surface area contributed by atoms with E-state index in [4.69, 9.17) is 4.84 Å². The zero-order chi connectivity index (χ0) is 13.0. The van der Waals surface area contributed by atoms with E-state index in [9.17, 15) is 4.79 Å². The Morgan fingerprint density at radius 3 is 2.17 bits per heavy atom. The molecule has 0 unspecified atom stereocenters. The fourth-order valence-corrected chi connectivity index (χ4v) is 3.50. The average Bonchev–Trinajstić information content (AvgIpc) is 2.47. The van der Waals surface area contributed by atoms with Gasteiger partial charge in [-0.1, -0.05) is 25.7 Å². The Kier molecular flexibility index (Phi) is 4.62. The number of nitrogens with zero attached hydrogens (tertiary/aromatic N) is 2. The van der Waals surface area contributed by atoms with Crippen LogP contribution >= 0.6 is 0 Å². The van der Waals surface area contributed by atoms with Crippen LogP contribution in [0.4, 0.5) is 0 Å². The molecule has 104 valence electrons. The van der Waals surface area contributed by atoms with E-state index in [1.807, 2.05) is 0 Å². The standard InChI is InChI=1S/C14H26N2O2/c1-15(18-2)13(17)14(9-5-3-6-10-14)16-11-7-4-8-12-16/h3-12H2,1-2H3. The Labute approximate surface area is 110 Å². The Hall–Kier alpha value is -0.610. The second-order valence-corrected chi connectivity index (χ2v) is 5.63. The predicted molar refractivity (Wildman–Crippen MR) is 71.0 cm³/mol. The van der Waals surface area contributed by atoms with Gasteiger partial charge >= 0.3 is 0 Å². The minimum Gasteiger partial charge on any atom is -0.289 e. The molecule has 18 heavy (non-hydrogen) atoms. The molecule has 1 saturated carbocycles. The van der Waals surface area contributed by atoms with Crippen molar-refractivity contribution < 1.29 is 9.63 Å². The number of hydroxylamine groups is 2. The van der Waals surface area contributed by atoms with Crippen molar-refractivity contribution in [3.8, 4) is 0 Å². The fraction of sp³-hybridized carbons (Fsp3) is 0.929. The highest BCUT2D eigenvalue weighted by Crippen LogP contribution is 2.36. The predicted octanol–water partition coefficient (Wildman–Crippen LogP) is 2.19. The monoisotopic (exact) mass is 254 g/mol. The van der Waals surface area contributed by atoms with Gasteiger partial charge in [-0.2, -0.15) is 0 Å². The first-order chi connectivity index (χ1) is 8.70. The zero-order valence-corrected chi connectivity index (χ0v) is 11.8. The summed E-state index contributed by atoms with van der Waals surface area (Å²) in [5.41, 5.74) is -0.274. The largest absolute Gasteiger partial charge is 0.289 e. The molecule has 1 amide bonds. The number of piperidine rings is 1. The van der Waals surface area contributed by atoms with Crippen LogP contribution in [0, 0.1) is 0 Å². The summed E-state index contributed by atoms with van der Waals surface area (Å²) in [4.78, 5) is 20.3. The van der Waals surface area contributed by atoms with E-state index in [1.165, 1.54) is 43.6 Å². The number of likely N-dealkylation sites (N-methyl/N-ethyl adjacent to an activating group) is 1. The molecule has 1 saturated heterocycles. The van der Waals surface area contributed by atoms with Crippen molar-refractivity contribution in [3.63, 3.8) is 0 Å². The first-order valence-corrected chi connectivity index (χ1v) is 7.28. The molecular weight excluding hydrogens is 228 g/mol. The van der Waals surface area contributed by atoms with Gasteiger partial charge in [0.05, 0.1) is 7.11 Å². The van der Waals surface area contributed by atoms with E-state index in [0.29, 0.717) is 0 Å². The van der Waals surface area contributed by atoms with Crippen molar-refractivity contribution in [1.82, 2.24) is 9.96 Å². The van der Waals surface area contributed by atoms with E-state index in [2.05, 4.69) is 4.90 Å². The third kappa shape index (κ3) is 2.54. The van der Waals surface area contributed by atoms with Crippen molar-refractivity contribution in [3.05, 3.63) is 0 Å². The molecule has 0 aromatic heterocycles. The first-order valence-electron chi connectivity index (χ1n) is 7.28. The lowest BCUT2D eigenvalue weighted by atomic mass is 9.78. The second-order valence-electron chi connectivity index (χ2n) is 5.63. The Morgan fingerprint density at radius 1 is 1.06 bits per heavy atom. The van der Waals surface area contributed by atoms with Gasteiger partial charge < -0.3 is 0 Å². The van der Waals surface area contributed by atoms with Crippen LogP contribution in [-0.2, 0) is 9.63 Å². The van der Waals surface area contributed by atoms with E-state index < -0.39 is 0 Å². The van der Waals surface area contributed by atoms with E-state index in [0.717, 1.165) is 25.9 Å². The molecule has 0 aromatic carbocycles. The zero-order valence-electron chi connectivity index (χ0n) is 11.8. The summed E-state index contributed by atoms with van der Waals surface area (Å²) in [6, 6.07) is 0. The Morgan fingerprint density at radius 2 is 1.61 bits per heavy atom. The molecule has 2 aliphatic rings. The summed E-state index contributed by atoms with van der Waals surface area (Å²) >= 11 is 0. The van der Waals surface area contributed by atoms with Crippen molar-refractivity contribution in [2.45, 2.75) is 56.9 Å². The quantitative estimate of drug-likeness (QED) is 0.724. The number of carbonyl (C=O) groups excluding carboxylic acids is 1. The highest BCUT2D eigenvalue weighted by atomic mass is 16.7. The van der Waals surface area contributed by atoms with Gasteiger partial charge in [0.1, 0.15) is 5.54 Å². The third-order valence-electron chi connectivity index (χ3n) is 4.60. The summed E-state index contributed by atoms with van der Waals surface area (Å²) < 4.78 is 0. The topological polar surface area (TPSA) is 32.8 Å². The van der Waals surface area contributed by atoms with Gasteiger partial charge in [0.15, 0.2) is 0 Å². The summed E-state index contributed by atoms with van der Waals surface area (Å²) in [5, 5.41) is 1.43. The second kappa shape index (κ2) is 6.02. The smallest absolute Gasteiger partial charge is 0.266 e. The number of hydrogen-bond donors (Lipinski definition) is 0. The maximum Gasteiger partial charge on any atom is 0.266 e. The van der Waals surface area contributed by atoms with Crippen molar-refractivity contribution >= 4 is 5.91 Å². The molecule has 0 spiro atoms. The lowest BCUT2D eigenvalue weighted by Crippen LogP contribution is -2.61. The van der Waals surface area contributed by atoms with Gasteiger partial charge in [-0.05, 0) is 38.8 Å². The van der Waals surface area contributed by atoms with Crippen LogP contribution in [-0.4, -0.2) is 48.7 Å². The van der Waals surface area contributed by atoms with E-state index in [-0.39, 0.29) is 11.4 Å².